The van der Waals surface area contributed by atoms with Gasteiger partial charge in [-0.2, -0.15) is 0 Å². The maximum absolute atomic E-state index is 12.2. The van der Waals surface area contributed by atoms with Gasteiger partial charge in [-0.3, -0.25) is 14.4 Å². The van der Waals surface area contributed by atoms with E-state index in [1.165, 1.54) is 6.20 Å². The lowest BCUT2D eigenvalue weighted by Gasteiger charge is -1.99. The number of hydrogen-bond acceptors (Lipinski definition) is 7. The SMILES string of the molecule is O=C(O)CCC(=O)Nc1ncc(/C=C2\SC(=Nc3ccc(Cl)cc3Cl)NC2=O)s1. The summed E-state index contributed by atoms with van der Waals surface area (Å²) in [7, 11) is 0. The molecule has 0 atom stereocenters. The van der Waals surface area contributed by atoms with Crippen LogP contribution in [-0.4, -0.2) is 33.0 Å². The van der Waals surface area contributed by atoms with Crippen LogP contribution in [0.2, 0.25) is 10.0 Å². The number of nitrogens with zero attached hydrogens (tertiary/aromatic N) is 2. The lowest BCUT2D eigenvalue weighted by atomic mass is 10.3. The molecule has 3 N–H and O–H groups in total. The van der Waals surface area contributed by atoms with Crippen molar-refractivity contribution in [1.82, 2.24) is 10.3 Å². The van der Waals surface area contributed by atoms with Crippen molar-refractivity contribution in [2.24, 2.45) is 4.99 Å². The molecule has 1 aromatic heterocycles. The maximum atomic E-state index is 12.2. The van der Waals surface area contributed by atoms with Gasteiger partial charge in [0, 0.05) is 17.6 Å². The van der Waals surface area contributed by atoms with Crippen molar-refractivity contribution in [2.45, 2.75) is 12.8 Å². The number of benzene rings is 1. The number of carbonyl (C=O) groups excluding carboxylic acids is 2. The Hall–Kier alpha value is -2.40. The van der Waals surface area contributed by atoms with Crippen LogP contribution >= 0.6 is 46.3 Å². The van der Waals surface area contributed by atoms with Gasteiger partial charge in [0.25, 0.3) is 5.91 Å². The Morgan fingerprint density at radius 1 is 1.31 bits per heavy atom. The number of carboxylic acid groups (broad SMARTS) is 1. The van der Waals surface area contributed by atoms with E-state index < -0.39 is 11.9 Å². The molecule has 8 nitrogen and oxygen atoms in total. The number of amidine groups is 1. The van der Waals surface area contributed by atoms with Gasteiger partial charge < -0.3 is 15.7 Å². The van der Waals surface area contributed by atoms with Crippen LogP contribution in [0.5, 0.6) is 0 Å². The van der Waals surface area contributed by atoms with Crippen molar-refractivity contribution in [2.75, 3.05) is 5.32 Å². The summed E-state index contributed by atoms with van der Waals surface area (Å²) in [6.45, 7) is 0. The maximum Gasteiger partial charge on any atom is 0.303 e. The molecule has 0 radical (unpaired) electrons. The van der Waals surface area contributed by atoms with E-state index in [-0.39, 0.29) is 18.7 Å². The lowest BCUT2D eigenvalue weighted by molar-refractivity contribution is -0.138. The molecule has 2 heterocycles. The highest BCUT2D eigenvalue weighted by Crippen LogP contribution is 2.33. The highest BCUT2D eigenvalue weighted by Gasteiger charge is 2.24. The number of nitrogens with one attached hydrogen (secondary N) is 2. The number of carbonyl (C=O) groups is 3. The Balaban J connectivity index is 1.67. The molecule has 0 bridgehead atoms. The topological polar surface area (TPSA) is 121 Å². The van der Waals surface area contributed by atoms with Crippen LogP contribution in [0.3, 0.4) is 0 Å². The van der Waals surface area contributed by atoms with Gasteiger partial charge in [-0.1, -0.05) is 34.5 Å². The summed E-state index contributed by atoms with van der Waals surface area (Å²) in [5.41, 5.74) is 0.476. The minimum Gasteiger partial charge on any atom is -0.481 e. The first-order chi connectivity index (χ1) is 13.8. The second-order valence-corrected chi connectivity index (χ2v) is 8.52. The number of rotatable bonds is 6. The van der Waals surface area contributed by atoms with E-state index in [4.69, 9.17) is 28.3 Å². The molecular formula is C17H12Cl2N4O4S2. The Kier molecular flexibility index (Phi) is 6.91. The normalized spacial score (nSPS) is 16.3. The van der Waals surface area contributed by atoms with Gasteiger partial charge in [0.15, 0.2) is 10.3 Å². The number of carboxylic acids is 1. The number of hydrogen-bond donors (Lipinski definition) is 3. The molecule has 0 aliphatic carbocycles. The first-order valence-electron chi connectivity index (χ1n) is 8.02. The molecule has 0 saturated carbocycles. The highest BCUT2D eigenvalue weighted by molar-refractivity contribution is 8.18. The third-order valence-corrected chi connectivity index (χ3v) is 5.70. The minimum absolute atomic E-state index is 0.142. The molecule has 1 fully saturated rings. The van der Waals surface area contributed by atoms with Crippen molar-refractivity contribution in [3.8, 4) is 0 Å². The van der Waals surface area contributed by atoms with Gasteiger partial charge in [0.05, 0.1) is 26.9 Å². The molecule has 3 rings (SSSR count). The molecule has 1 aliphatic heterocycles. The first-order valence-corrected chi connectivity index (χ1v) is 10.4. The Bertz CT molecular complexity index is 1050. The van der Waals surface area contributed by atoms with E-state index in [0.717, 1.165) is 23.1 Å². The fourth-order valence-corrected chi connectivity index (χ4v) is 4.23. The molecule has 2 aromatic rings. The lowest BCUT2D eigenvalue weighted by Crippen LogP contribution is -2.19. The van der Waals surface area contributed by atoms with Crippen molar-refractivity contribution >= 4 is 86.1 Å². The van der Waals surface area contributed by atoms with E-state index in [1.807, 2.05) is 0 Å². The zero-order valence-electron chi connectivity index (χ0n) is 14.4. The van der Waals surface area contributed by atoms with Gasteiger partial charge in [-0.25, -0.2) is 9.98 Å². The van der Waals surface area contributed by atoms with Crippen molar-refractivity contribution in [3.05, 3.63) is 44.2 Å². The van der Waals surface area contributed by atoms with Gasteiger partial charge in [-0.15, -0.1) is 0 Å². The average Bonchev–Trinajstić information content (AvgIpc) is 3.22. The van der Waals surface area contributed by atoms with Gasteiger partial charge >= 0.3 is 5.97 Å². The van der Waals surface area contributed by atoms with Gasteiger partial charge in [0.1, 0.15) is 0 Å². The minimum atomic E-state index is -1.05. The van der Waals surface area contributed by atoms with Crippen molar-refractivity contribution < 1.29 is 19.5 Å². The Morgan fingerprint density at radius 2 is 2.10 bits per heavy atom. The first kappa shape index (κ1) is 21.3. The van der Waals surface area contributed by atoms with Gasteiger partial charge in [-0.05, 0) is 36.0 Å². The molecule has 1 saturated heterocycles. The number of aliphatic carboxylic acids is 1. The van der Waals surface area contributed by atoms with Crippen LogP contribution < -0.4 is 10.6 Å². The number of halogens is 2. The summed E-state index contributed by atoms with van der Waals surface area (Å²) in [5.74, 6) is -1.81. The van der Waals surface area contributed by atoms with Crippen molar-refractivity contribution in [3.63, 3.8) is 0 Å². The number of thioether (sulfide) groups is 1. The summed E-state index contributed by atoms with van der Waals surface area (Å²) < 4.78 is 0. The molecule has 1 aromatic carbocycles. The molecular weight excluding hydrogens is 459 g/mol. The van der Waals surface area contributed by atoms with Gasteiger partial charge in [0.2, 0.25) is 5.91 Å². The Morgan fingerprint density at radius 3 is 2.83 bits per heavy atom. The van der Waals surface area contributed by atoms with Crippen LogP contribution in [0.15, 0.2) is 34.3 Å². The number of aromatic nitrogens is 1. The summed E-state index contributed by atoms with van der Waals surface area (Å²) in [6.07, 6.45) is 2.72. The number of aliphatic imine (C=N–C) groups is 1. The summed E-state index contributed by atoms with van der Waals surface area (Å²) >= 11 is 14.3. The predicted molar refractivity (Wildman–Crippen MR) is 115 cm³/mol. The second kappa shape index (κ2) is 9.40. The highest BCUT2D eigenvalue weighted by atomic mass is 35.5. The summed E-state index contributed by atoms with van der Waals surface area (Å²) in [5, 5.41) is 15.3. The van der Waals surface area contributed by atoms with Crippen molar-refractivity contribution in [1.29, 1.82) is 0 Å². The third kappa shape index (κ3) is 6.04. The van der Waals surface area contributed by atoms with E-state index >= 15 is 0 Å². The van der Waals surface area contributed by atoms with E-state index in [0.29, 0.717) is 35.8 Å². The van der Waals surface area contributed by atoms with Crippen LogP contribution in [0.1, 0.15) is 17.7 Å². The van der Waals surface area contributed by atoms with E-state index in [1.54, 1.807) is 24.3 Å². The number of amides is 2. The number of thiazole rings is 1. The van der Waals surface area contributed by atoms with Crippen LogP contribution in [0.25, 0.3) is 6.08 Å². The third-order valence-electron chi connectivity index (χ3n) is 3.39. The zero-order chi connectivity index (χ0) is 21.0. The monoisotopic (exact) mass is 470 g/mol. The summed E-state index contributed by atoms with van der Waals surface area (Å²) in [6, 6.07) is 4.85. The van der Waals surface area contributed by atoms with E-state index in [2.05, 4.69) is 20.6 Å². The second-order valence-electron chi connectivity index (χ2n) is 5.59. The fourth-order valence-electron chi connectivity index (χ4n) is 2.10. The predicted octanol–water partition coefficient (Wildman–Crippen LogP) is 4.14. The molecule has 0 spiro atoms. The van der Waals surface area contributed by atoms with E-state index in [9.17, 15) is 14.4 Å². The Labute approximate surface area is 183 Å². The summed E-state index contributed by atoms with van der Waals surface area (Å²) in [4.78, 5) is 43.7. The van der Waals surface area contributed by atoms with Crippen LogP contribution in [0.4, 0.5) is 10.8 Å². The molecule has 2 amide bonds. The molecule has 1 aliphatic rings. The quantitative estimate of drug-likeness (QED) is 0.545. The van der Waals surface area contributed by atoms with Crippen LogP contribution in [-0.2, 0) is 14.4 Å². The fraction of sp³-hybridized carbons (Fsp3) is 0.118. The standard InChI is InChI=1S/C17H12Cl2N4O4S2/c18-8-1-2-11(10(19)5-8)21-17-23-15(27)12(29-17)6-9-7-20-16(28-9)22-13(24)3-4-14(25)26/h1-2,5-7H,3-4H2,(H,25,26)(H,20,22,24)(H,21,23,27)/b12-6-. The molecule has 12 heteroatoms. The molecule has 29 heavy (non-hydrogen) atoms. The number of anilines is 1. The molecule has 150 valence electrons. The van der Waals surface area contributed by atoms with Crippen LogP contribution in [0, 0.1) is 0 Å². The largest absolute Gasteiger partial charge is 0.481 e. The zero-order valence-corrected chi connectivity index (χ0v) is 17.6. The smallest absolute Gasteiger partial charge is 0.303 e. The molecule has 0 unspecified atom stereocenters. The average molecular weight is 471 g/mol.